The van der Waals surface area contributed by atoms with Crippen LogP contribution in [0.1, 0.15) is 36.8 Å². The summed E-state index contributed by atoms with van der Waals surface area (Å²) in [5, 5.41) is 5.52. The number of benzene rings is 1. The molecular formula is C15H17N3O3. The first-order chi connectivity index (χ1) is 10.1. The highest BCUT2D eigenvalue weighted by atomic mass is 16.7. The van der Waals surface area contributed by atoms with E-state index in [-0.39, 0.29) is 17.9 Å². The highest BCUT2D eigenvalue weighted by Crippen LogP contribution is 2.34. The third-order valence-electron chi connectivity index (χ3n) is 3.95. The van der Waals surface area contributed by atoms with Gasteiger partial charge in [-0.05, 0) is 43.5 Å². The monoisotopic (exact) mass is 287 g/mol. The fourth-order valence-electron chi connectivity index (χ4n) is 2.63. The van der Waals surface area contributed by atoms with Crippen molar-refractivity contribution < 1.29 is 14.4 Å². The summed E-state index contributed by atoms with van der Waals surface area (Å²) in [7, 11) is 1.62. The van der Waals surface area contributed by atoms with E-state index in [0.29, 0.717) is 5.75 Å². The number of hydrogen-bond donors (Lipinski definition) is 1. The zero-order chi connectivity index (χ0) is 15.0. The lowest BCUT2D eigenvalue weighted by Crippen LogP contribution is -2.38. The molecule has 1 aromatic rings. The summed E-state index contributed by atoms with van der Waals surface area (Å²) in [5.74, 6) is 0.395. The van der Waals surface area contributed by atoms with Gasteiger partial charge in [-0.3, -0.25) is 10.2 Å². The second-order valence-electron chi connectivity index (χ2n) is 5.37. The number of carbonyl (C=O) groups excluding carboxylic acids is 2. The summed E-state index contributed by atoms with van der Waals surface area (Å²) in [5.41, 5.74) is 5.56. The van der Waals surface area contributed by atoms with Crippen molar-refractivity contribution in [3.63, 3.8) is 0 Å². The van der Waals surface area contributed by atoms with Crippen LogP contribution in [0.15, 0.2) is 23.3 Å². The number of fused-ring (bicyclic) bond motifs is 1. The number of amides is 1. The summed E-state index contributed by atoms with van der Waals surface area (Å²) >= 11 is 0. The van der Waals surface area contributed by atoms with Gasteiger partial charge in [-0.25, -0.2) is 0 Å². The second kappa shape index (κ2) is 5.20. The molecule has 2 heterocycles. The van der Waals surface area contributed by atoms with Crippen molar-refractivity contribution in [2.24, 2.45) is 5.10 Å². The molecule has 1 aromatic carbocycles. The van der Waals surface area contributed by atoms with Crippen LogP contribution in [0.4, 0.5) is 0 Å². The van der Waals surface area contributed by atoms with Gasteiger partial charge >= 0.3 is 0 Å². The van der Waals surface area contributed by atoms with Crippen LogP contribution < -0.4 is 10.3 Å². The van der Waals surface area contributed by atoms with Crippen LogP contribution in [0.3, 0.4) is 0 Å². The van der Waals surface area contributed by atoms with Gasteiger partial charge in [0, 0.05) is 12.6 Å². The molecule has 0 saturated heterocycles. The van der Waals surface area contributed by atoms with E-state index < -0.39 is 0 Å². The Morgan fingerprint density at radius 3 is 2.95 bits per heavy atom. The minimum absolute atomic E-state index is 0.0654. The van der Waals surface area contributed by atoms with Crippen LogP contribution in [0.2, 0.25) is 0 Å². The Labute approximate surface area is 122 Å². The van der Waals surface area contributed by atoms with E-state index in [1.807, 2.05) is 25.1 Å². The molecule has 0 radical (unpaired) electrons. The van der Waals surface area contributed by atoms with Gasteiger partial charge in [0.2, 0.25) is 0 Å². The number of rotatable bonds is 2. The zero-order valence-electron chi connectivity index (χ0n) is 12.0. The average Bonchev–Trinajstić information content (AvgIpc) is 2.53. The van der Waals surface area contributed by atoms with Crippen LogP contribution in [0, 0.1) is 0 Å². The van der Waals surface area contributed by atoms with Crippen LogP contribution in [0.25, 0.3) is 0 Å². The molecule has 110 valence electrons. The molecule has 0 fully saturated rings. The first kappa shape index (κ1) is 13.6. The molecule has 3 rings (SSSR count). The summed E-state index contributed by atoms with van der Waals surface area (Å²) < 4.78 is 0. The van der Waals surface area contributed by atoms with Gasteiger partial charge in [-0.15, -0.1) is 0 Å². The van der Waals surface area contributed by atoms with Crippen molar-refractivity contribution in [1.82, 2.24) is 10.5 Å². The Bertz CT molecular complexity index is 627. The Hall–Kier alpha value is -2.37. The van der Waals surface area contributed by atoms with Gasteiger partial charge in [-0.1, -0.05) is 0 Å². The van der Waals surface area contributed by atoms with E-state index in [9.17, 15) is 9.59 Å². The molecule has 2 atom stereocenters. The minimum Gasteiger partial charge on any atom is -0.377 e. The average molecular weight is 287 g/mol. The molecule has 2 unspecified atom stereocenters. The van der Waals surface area contributed by atoms with E-state index in [2.05, 4.69) is 10.5 Å². The van der Waals surface area contributed by atoms with Crippen molar-refractivity contribution in [2.45, 2.75) is 31.7 Å². The fraction of sp³-hybridized carbons (Fsp3) is 0.400. The van der Waals surface area contributed by atoms with E-state index in [1.54, 1.807) is 7.05 Å². The molecule has 1 amide bonds. The number of nitrogens with one attached hydrogen (secondary N) is 1. The van der Waals surface area contributed by atoms with Crippen molar-refractivity contribution in [3.05, 3.63) is 29.3 Å². The number of likely N-dealkylation sites (N-methyl/N-ethyl adjacent to an activating group) is 1. The van der Waals surface area contributed by atoms with Crippen molar-refractivity contribution in [2.75, 3.05) is 7.05 Å². The summed E-state index contributed by atoms with van der Waals surface area (Å²) in [6.07, 6.45) is 2.34. The lowest BCUT2D eigenvalue weighted by Gasteiger charge is -2.29. The molecule has 0 saturated carbocycles. The SMILES string of the molecule is CC1C(=O)N(C)Oc2ccc(C3=NNC(C=O)CC3)cc21. The predicted molar refractivity (Wildman–Crippen MR) is 77.0 cm³/mol. The zero-order valence-corrected chi connectivity index (χ0v) is 12.0. The van der Waals surface area contributed by atoms with Gasteiger partial charge in [0.15, 0.2) is 5.75 Å². The Morgan fingerprint density at radius 2 is 2.29 bits per heavy atom. The second-order valence-corrected chi connectivity index (χ2v) is 5.37. The number of carbonyl (C=O) groups is 2. The Kier molecular flexibility index (Phi) is 3.37. The summed E-state index contributed by atoms with van der Waals surface area (Å²) in [6.45, 7) is 1.87. The van der Waals surface area contributed by atoms with E-state index in [0.717, 1.165) is 36.0 Å². The normalized spacial score (nSPS) is 24.6. The number of aldehydes is 1. The smallest absolute Gasteiger partial charge is 0.262 e. The van der Waals surface area contributed by atoms with Gasteiger partial charge < -0.3 is 9.63 Å². The highest BCUT2D eigenvalue weighted by Gasteiger charge is 2.30. The van der Waals surface area contributed by atoms with Gasteiger partial charge in [-0.2, -0.15) is 10.2 Å². The van der Waals surface area contributed by atoms with E-state index >= 15 is 0 Å². The number of nitrogens with zero attached hydrogens (tertiary/aromatic N) is 2. The molecule has 2 aliphatic rings. The molecule has 0 spiro atoms. The van der Waals surface area contributed by atoms with E-state index in [4.69, 9.17) is 4.84 Å². The number of hydroxylamine groups is 2. The van der Waals surface area contributed by atoms with Crippen LogP contribution in [-0.2, 0) is 9.59 Å². The lowest BCUT2D eigenvalue weighted by atomic mass is 9.93. The lowest BCUT2D eigenvalue weighted by molar-refractivity contribution is -0.157. The van der Waals surface area contributed by atoms with Gasteiger partial charge in [0.1, 0.15) is 6.29 Å². The number of hydrazone groups is 1. The first-order valence-electron chi connectivity index (χ1n) is 6.97. The maximum Gasteiger partial charge on any atom is 0.262 e. The van der Waals surface area contributed by atoms with E-state index in [1.165, 1.54) is 5.06 Å². The predicted octanol–water partition coefficient (Wildman–Crippen LogP) is 1.21. The maximum atomic E-state index is 12.0. The molecule has 1 N–H and O–H groups in total. The standard InChI is InChI=1S/C15H17N3O3/c1-9-12-7-10(13-5-4-11(8-19)16-17-13)3-6-14(12)21-18(2)15(9)20/h3,6-9,11,16H,4-5H2,1-2H3. The molecule has 0 aliphatic carbocycles. The third-order valence-corrected chi connectivity index (χ3v) is 3.95. The summed E-state index contributed by atoms with van der Waals surface area (Å²) in [4.78, 5) is 28.2. The van der Waals surface area contributed by atoms with Gasteiger partial charge in [0.05, 0.1) is 17.7 Å². The van der Waals surface area contributed by atoms with Gasteiger partial charge in [0.25, 0.3) is 5.91 Å². The molecule has 0 bridgehead atoms. The van der Waals surface area contributed by atoms with Crippen molar-refractivity contribution >= 4 is 17.9 Å². The molecule has 6 nitrogen and oxygen atoms in total. The molecule has 6 heteroatoms. The first-order valence-corrected chi connectivity index (χ1v) is 6.97. The fourth-order valence-corrected chi connectivity index (χ4v) is 2.63. The van der Waals surface area contributed by atoms with Crippen LogP contribution in [0.5, 0.6) is 5.75 Å². The largest absolute Gasteiger partial charge is 0.377 e. The molecule has 2 aliphatic heterocycles. The minimum atomic E-state index is -0.237. The van der Waals surface area contributed by atoms with Crippen molar-refractivity contribution in [3.8, 4) is 5.75 Å². The molecule has 21 heavy (non-hydrogen) atoms. The number of hydrogen-bond acceptors (Lipinski definition) is 5. The highest BCUT2D eigenvalue weighted by molar-refractivity contribution is 6.01. The topological polar surface area (TPSA) is 71.0 Å². The van der Waals surface area contributed by atoms with Crippen LogP contribution >= 0.6 is 0 Å². The third kappa shape index (κ3) is 2.37. The summed E-state index contributed by atoms with van der Waals surface area (Å²) in [6, 6.07) is 5.53. The molecule has 0 aromatic heterocycles. The molecular weight excluding hydrogens is 270 g/mol. The Balaban J connectivity index is 1.92. The van der Waals surface area contributed by atoms with Crippen LogP contribution in [-0.4, -0.2) is 36.1 Å². The Morgan fingerprint density at radius 1 is 1.48 bits per heavy atom. The van der Waals surface area contributed by atoms with Crippen molar-refractivity contribution in [1.29, 1.82) is 0 Å². The maximum absolute atomic E-state index is 12.0. The quantitative estimate of drug-likeness (QED) is 0.830.